The second kappa shape index (κ2) is 6.37. The van der Waals surface area contributed by atoms with Gasteiger partial charge in [0.1, 0.15) is 5.76 Å². The minimum atomic E-state index is -3.27. The van der Waals surface area contributed by atoms with Gasteiger partial charge in [-0.3, -0.25) is 0 Å². The molecule has 1 heterocycles. The van der Waals surface area contributed by atoms with Crippen LogP contribution in [0.2, 0.25) is 0 Å². The molecule has 0 unspecified atom stereocenters. The van der Waals surface area contributed by atoms with E-state index in [1.165, 1.54) is 12.3 Å². The molecule has 3 rings (SSSR count). The van der Waals surface area contributed by atoms with Crippen LogP contribution in [0.1, 0.15) is 47.2 Å². The Kier molecular flexibility index (Phi) is 4.39. The third-order valence-corrected chi connectivity index (χ3v) is 5.17. The van der Waals surface area contributed by atoms with Crippen LogP contribution in [0.15, 0.2) is 45.2 Å². The van der Waals surface area contributed by atoms with Gasteiger partial charge in [0, 0.05) is 6.26 Å². The number of carbonyl (C=O) groups is 1. The van der Waals surface area contributed by atoms with Gasteiger partial charge >= 0.3 is 5.97 Å². The summed E-state index contributed by atoms with van der Waals surface area (Å²) in [6, 6.07) is 8.09. The van der Waals surface area contributed by atoms with Gasteiger partial charge in [-0.1, -0.05) is 25.5 Å². The zero-order valence-corrected chi connectivity index (χ0v) is 14.8. The van der Waals surface area contributed by atoms with Crippen molar-refractivity contribution in [2.45, 2.75) is 24.7 Å². The number of hydrogen-bond donors (Lipinski definition) is 1. The Hall–Kier alpha value is -2.60. The number of carboxylic acid groups (broad SMARTS) is 1. The lowest BCUT2D eigenvalue weighted by molar-refractivity contribution is 0.0662. The molecule has 6 heteroatoms. The van der Waals surface area contributed by atoms with E-state index in [9.17, 15) is 13.2 Å². The highest BCUT2D eigenvalue weighted by atomic mass is 32.2. The van der Waals surface area contributed by atoms with E-state index in [1.807, 2.05) is 6.08 Å². The fourth-order valence-corrected chi connectivity index (χ4v) is 3.57. The Bertz CT molecular complexity index is 1010. The van der Waals surface area contributed by atoms with Crippen LogP contribution in [0.25, 0.3) is 17.7 Å². The third kappa shape index (κ3) is 3.44. The van der Waals surface area contributed by atoms with Crippen molar-refractivity contribution in [1.29, 1.82) is 0 Å². The second-order valence-corrected chi connectivity index (χ2v) is 8.02. The molecular formula is C19H18O5S. The molecule has 0 bridgehead atoms. The number of benzene rings is 1. The number of aromatic carboxylic acids is 1. The molecule has 0 radical (unpaired) electrons. The fraction of sp³-hybridized carbons (Fsp3) is 0.211. The highest BCUT2D eigenvalue weighted by molar-refractivity contribution is 7.90. The normalized spacial score (nSPS) is 15.3. The van der Waals surface area contributed by atoms with Crippen LogP contribution in [0, 0.1) is 0 Å². The van der Waals surface area contributed by atoms with Gasteiger partial charge in [-0.05, 0) is 59.0 Å². The molecule has 1 N–H and O–H groups in total. The minimum absolute atomic E-state index is 0.112. The molecule has 0 saturated heterocycles. The maximum Gasteiger partial charge on any atom is 0.371 e. The van der Waals surface area contributed by atoms with Crippen molar-refractivity contribution >= 4 is 33.5 Å². The lowest BCUT2D eigenvalue weighted by Gasteiger charge is -2.07. The van der Waals surface area contributed by atoms with Gasteiger partial charge in [0.15, 0.2) is 9.84 Å². The number of hydrogen-bond acceptors (Lipinski definition) is 4. The van der Waals surface area contributed by atoms with Gasteiger partial charge in [-0.25, -0.2) is 13.2 Å². The van der Waals surface area contributed by atoms with Gasteiger partial charge in [0.05, 0.1) is 4.90 Å². The van der Waals surface area contributed by atoms with E-state index in [4.69, 9.17) is 9.52 Å². The lowest BCUT2D eigenvalue weighted by Crippen LogP contribution is -1.97. The lowest BCUT2D eigenvalue weighted by atomic mass is 9.99. The Labute approximate surface area is 146 Å². The van der Waals surface area contributed by atoms with Crippen molar-refractivity contribution in [2.75, 3.05) is 6.26 Å². The average Bonchev–Trinajstić information content (AvgIpc) is 3.12. The van der Waals surface area contributed by atoms with E-state index in [1.54, 1.807) is 30.3 Å². The smallest absolute Gasteiger partial charge is 0.371 e. The maximum absolute atomic E-state index is 11.8. The Balaban J connectivity index is 2.09. The summed E-state index contributed by atoms with van der Waals surface area (Å²) in [5.74, 6) is -0.772. The minimum Gasteiger partial charge on any atom is -0.475 e. The third-order valence-electron chi connectivity index (χ3n) is 4.06. The quantitative estimate of drug-likeness (QED) is 0.869. The van der Waals surface area contributed by atoms with Gasteiger partial charge in [0.2, 0.25) is 5.76 Å². The highest BCUT2D eigenvalue weighted by Gasteiger charge is 2.21. The Morgan fingerprint density at radius 2 is 2.00 bits per heavy atom. The fourth-order valence-electron chi connectivity index (χ4n) is 2.91. The van der Waals surface area contributed by atoms with Crippen molar-refractivity contribution in [3.05, 3.63) is 58.6 Å². The molecule has 1 aromatic carbocycles. The van der Waals surface area contributed by atoms with Crippen LogP contribution in [-0.4, -0.2) is 25.7 Å². The molecule has 0 fully saturated rings. The van der Waals surface area contributed by atoms with E-state index < -0.39 is 15.8 Å². The summed E-state index contributed by atoms with van der Waals surface area (Å²) in [5.41, 5.74) is 3.78. The average molecular weight is 358 g/mol. The maximum atomic E-state index is 11.8. The predicted octanol–water partition coefficient (Wildman–Crippen LogP) is 4.12. The molecule has 25 heavy (non-hydrogen) atoms. The molecule has 5 nitrogen and oxygen atoms in total. The summed E-state index contributed by atoms with van der Waals surface area (Å²) >= 11 is 0. The molecular weight excluding hydrogens is 340 g/mol. The SMILES string of the molecule is CCCC1=Cc2cc(S(C)(=O)=O)ccc2/C1=C/c1ccc(C(=O)O)o1. The van der Waals surface area contributed by atoms with Crippen molar-refractivity contribution in [3.63, 3.8) is 0 Å². The van der Waals surface area contributed by atoms with Crippen LogP contribution in [0.4, 0.5) is 0 Å². The molecule has 2 aromatic rings. The molecule has 0 saturated carbocycles. The standard InChI is InChI=1S/C19H18O5S/c1-3-4-12-9-13-10-15(25(2,22)23)6-7-16(13)17(12)11-14-5-8-18(24-14)19(20)21/h5-11H,3-4H2,1-2H3,(H,20,21)/b17-11+. The molecule has 1 aliphatic carbocycles. The summed E-state index contributed by atoms with van der Waals surface area (Å²) in [5, 5.41) is 8.98. The van der Waals surface area contributed by atoms with Crippen molar-refractivity contribution in [3.8, 4) is 0 Å². The molecule has 0 spiro atoms. The largest absolute Gasteiger partial charge is 0.475 e. The number of fused-ring (bicyclic) bond motifs is 1. The number of carboxylic acids is 1. The van der Waals surface area contributed by atoms with Crippen LogP contribution in [0.3, 0.4) is 0 Å². The van der Waals surface area contributed by atoms with E-state index >= 15 is 0 Å². The molecule has 0 aliphatic heterocycles. The summed E-state index contributed by atoms with van der Waals surface area (Å²) in [6.45, 7) is 2.07. The molecule has 0 atom stereocenters. The predicted molar refractivity (Wildman–Crippen MR) is 96.0 cm³/mol. The number of furan rings is 1. The summed E-state index contributed by atoms with van der Waals surface area (Å²) < 4.78 is 28.9. The van der Waals surface area contributed by atoms with Gasteiger partial charge in [0.25, 0.3) is 0 Å². The monoisotopic (exact) mass is 358 g/mol. The van der Waals surface area contributed by atoms with Crippen LogP contribution in [0.5, 0.6) is 0 Å². The Morgan fingerprint density at radius 1 is 1.24 bits per heavy atom. The second-order valence-electron chi connectivity index (χ2n) is 6.01. The van der Waals surface area contributed by atoms with Crippen molar-refractivity contribution in [2.24, 2.45) is 0 Å². The molecule has 130 valence electrons. The zero-order valence-electron chi connectivity index (χ0n) is 13.9. The van der Waals surface area contributed by atoms with Gasteiger partial charge in [-0.15, -0.1) is 0 Å². The first-order valence-electron chi connectivity index (χ1n) is 7.90. The van der Waals surface area contributed by atoms with Gasteiger partial charge in [-0.2, -0.15) is 0 Å². The van der Waals surface area contributed by atoms with E-state index in [0.29, 0.717) is 5.76 Å². The first-order valence-corrected chi connectivity index (χ1v) is 9.79. The van der Waals surface area contributed by atoms with Crippen LogP contribution >= 0.6 is 0 Å². The van der Waals surface area contributed by atoms with Crippen LogP contribution in [-0.2, 0) is 9.84 Å². The van der Waals surface area contributed by atoms with Gasteiger partial charge < -0.3 is 9.52 Å². The van der Waals surface area contributed by atoms with E-state index in [0.717, 1.165) is 35.1 Å². The number of sulfone groups is 1. The zero-order chi connectivity index (χ0) is 18.2. The van der Waals surface area contributed by atoms with E-state index in [-0.39, 0.29) is 10.7 Å². The first kappa shape index (κ1) is 17.2. The van der Waals surface area contributed by atoms with Crippen LogP contribution < -0.4 is 0 Å². The summed E-state index contributed by atoms with van der Waals surface area (Å²) in [6.07, 6.45) is 6.75. The molecule has 1 aromatic heterocycles. The van der Waals surface area contributed by atoms with Crippen molar-refractivity contribution < 1.29 is 22.7 Å². The summed E-state index contributed by atoms with van der Waals surface area (Å²) in [7, 11) is -3.27. The number of rotatable bonds is 5. The summed E-state index contributed by atoms with van der Waals surface area (Å²) in [4.78, 5) is 11.2. The highest BCUT2D eigenvalue weighted by Crippen LogP contribution is 2.40. The number of allylic oxidation sites excluding steroid dienone is 2. The van der Waals surface area contributed by atoms with Crippen molar-refractivity contribution in [1.82, 2.24) is 0 Å². The topological polar surface area (TPSA) is 84.6 Å². The van der Waals surface area contributed by atoms with E-state index in [2.05, 4.69) is 6.92 Å². The molecule has 0 amide bonds. The molecule has 1 aliphatic rings. The Morgan fingerprint density at radius 3 is 2.60 bits per heavy atom. The first-order chi connectivity index (χ1) is 11.8.